The average molecular weight is 415 g/mol. The first-order valence-corrected chi connectivity index (χ1v) is 10.8. The molecular formula is C21H22N2O3S2. The summed E-state index contributed by atoms with van der Waals surface area (Å²) in [5.41, 5.74) is 2.00. The smallest absolute Gasteiger partial charge is 0.238 e. The van der Waals surface area contributed by atoms with Crippen LogP contribution < -0.4 is 14.8 Å². The number of fused-ring (bicyclic) bond motifs is 1. The van der Waals surface area contributed by atoms with Crippen molar-refractivity contribution in [2.24, 2.45) is 0 Å². The topological polar surface area (TPSA) is 50.8 Å². The first-order valence-electron chi connectivity index (χ1n) is 9.04. The maximum atomic E-state index is 12.8. The molecule has 0 fully saturated rings. The van der Waals surface area contributed by atoms with Crippen molar-refractivity contribution >= 4 is 34.3 Å². The van der Waals surface area contributed by atoms with Crippen LogP contribution in [0.2, 0.25) is 0 Å². The molecule has 1 aromatic carbocycles. The second-order valence-electron chi connectivity index (χ2n) is 6.59. The highest BCUT2D eigenvalue weighted by Crippen LogP contribution is 2.39. The Bertz CT molecular complexity index is 930. The average Bonchev–Trinajstić information content (AvgIpc) is 3.39. The van der Waals surface area contributed by atoms with Gasteiger partial charge >= 0.3 is 0 Å². The molecule has 0 saturated heterocycles. The summed E-state index contributed by atoms with van der Waals surface area (Å²) in [5.74, 6) is 1.24. The van der Waals surface area contributed by atoms with Crippen LogP contribution in [-0.2, 0) is 11.2 Å². The van der Waals surface area contributed by atoms with Crippen molar-refractivity contribution in [1.29, 1.82) is 0 Å². The van der Waals surface area contributed by atoms with Gasteiger partial charge in [-0.2, -0.15) is 0 Å². The van der Waals surface area contributed by atoms with E-state index in [0.29, 0.717) is 23.7 Å². The fourth-order valence-corrected chi connectivity index (χ4v) is 5.36. The maximum absolute atomic E-state index is 12.8. The van der Waals surface area contributed by atoms with Crippen molar-refractivity contribution in [2.75, 3.05) is 32.6 Å². The Morgan fingerprint density at radius 1 is 1.14 bits per heavy atom. The van der Waals surface area contributed by atoms with Crippen LogP contribution >= 0.6 is 22.7 Å². The van der Waals surface area contributed by atoms with Crippen LogP contribution in [0.15, 0.2) is 47.2 Å². The minimum Gasteiger partial charge on any atom is -0.497 e. The lowest BCUT2D eigenvalue weighted by molar-refractivity contribution is -0.117. The molecule has 146 valence electrons. The van der Waals surface area contributed by atoms with Gasteiger partial charge in [-0.05, 0) is 34.9 Å². The van der Waals surface area contributed by atoms with Gasteiger partial charge in [0.05, 0.1) is 26.8 Å². The molecule has 1 aliphatic rings. The third-order valence-electron chi connectivity index (χ3n) is 4.86. The van der Waals surface area contributed by atoms with E-state index in [9.17, 15) is 4.79 Å². The van der Waals surface area contributed by atoms with Gasteiger partial charge in [-0.1, -0.05) is 6.07 Å². The minimum atomic E-state index is -0.0458. The molecule has 1 N–H and O–H groups in total. The Kier molecular flexibility index (Phi) is 5.66. The molecule has 5 nitrogen and oxygen atoms in total. The zero-order valence-electron chi connectivity index (χ0n) is 15.8. The number of carbonyl (C=O) groups excluding carboxylic acids is 1. The Morgan fingerprint density at radius 3 is 2.61 bits per heavy atom. The Labute approximate surface area is 172 Å². The summed E-state index contributed by atoms with van der Waals surface area (Å²) in [6.45, 7) is 1.20. The Morgan fingerprint density at radius 2 is 1.93 bits per heavy atom. The van der Waals surface area contributed by atoms with Crippen LogP contribution in [-0.4, -0.2) is 38.1 Å². The number of rotatable bonds is 6. The van der Waals surface area contributed by atoms with Gasteiger partial charge in [-0.3, -0.25) is 9.69 Å². The monoisotopic (exact) mass is 414 g/mol. The van der Waals surface area contributed by atoms with Crippen LogP contribution in [0, 0.1) is 0 Å². The third kappa shape index (κ3) is 3.92. The standard InChI is InChI=1S/C21H22N2O3S2/c1-25-15-10-14(11-16(12-15)26-2)22-20(24)13-23-7-5-18-17(6-9-28-18)21(23)19-4-3-8-27-19/h3-4,6,8-12,21H,5,7,13H2,1-2H3,(H,22,24)/t21-/m1/s1. The molecule has 3 heterocycles. The SMILES string of the molecule is COc1cc(NC(=O)CN2CCc3sccc3[C@@H]2c2cccs2)cc(OC)c1. The lowest BCUT2D eigenvalue weighted by Gasteiger charge is -2.34. The minimum absolute atomic E-state index is 0.0458. The fraction of sp³-hybridized carbons (Fsp3) is 0.286. The largest absolute Gasteiger partial charge is 0.497 e. The number of ether oxygens (including phenoxy) is 2. The van der Waals surface area contributed by atoms with E-state index in [1.807, 2.05) is 11.3 Å². The molecule has 4 rings (SSSR count). The number of hydrogen-bond donors (Lipinski definition) is 1. The number of hydrogen-bond acceptors (Lipinski definition) is 6. The normalized spacial score (nSPS) is 16.4. The molecule has 7 heteroatoms. The molecule has 0 aliphatic carbocycles. The van der Waals surface area contributed by atoms with Crippen LogP contribution in [0.5, 0.6) is 11.5 Å². The van der Waals surface area contributed by atoms with Crippen LogP contribution in [0.3, 0.4) is 0 Å². The van der Waals surface area contributed by atoms with E-state index >= 15 is 0 Å². The van der Waals surface area contributed by atoms with E-state index in [0.717, 1.165) is 13.0 Å². The molecule has 3 aromatic rings. The van der Waals surface area contributed by atoms with E-state index < -0.39 is 0 Å². The van der Waals surface area contributed by atoms with Crippen molar-refractivity contribution in [3.8, 4) is 11.5 Å². The molecule has 0 radical (unpaired) electrons. The van der Waals surface area contributed by atoms with Gasteiger partial charge in [0.1, 0.15) is 11.5 Å². The molecule has 0 unspecified atom stereocenters. The molecule has 0 bridgehead atoms. The number of amides is 1. The molecule has 1 aliphatic heterocycles. The van der Waals surface area contributed by atoms with Crippen molar-refractivity contribution in [3.05, 3.63) is 62.5 Å². The Hall–Kier alpha value is -2.35. The number of benzene rings is 1. The summed E-state index contributed by atoms with van der Waals surface area (Å²) in [5, 5.41) is 7.23. The van der Waals surface area contributed by atoms with Gasteiger partial charge in [0.25, 0.3) is 0 Å². The lowest BCUT2D eigenvalue weighted by atomic mass is 9.98. The third-order valence-corrected chi connectivity index (χ3v) is 6.78. The zero-order chi connectivity index (χ0) is 19.5. The predicted molar refractivity (Wildman–Crippen MR) is 114 cm³/mol. The van der Waals surface area contributed by atoms with Crippen LogP contribution in [0.25, 0.3) is 0 Å². The van der Waals surface area contributed by atoms with Crippen molar-refractivity contribution in [3.63, 3.8) is 0 Å². The number of thiophene rings is 2. The van der Waals surface area contributed by atoms with E-state index in [-0.39, 0.29) is 11.9 Å². The Balaban J connectivity index is 1.52. The molecule has 0 saturated carbocycles. The van der Waals surface area contributed by atoms with E-state index in [2.05, 4.69) is 39.2 Å². The highest BCUT2D eigenvalue weighted by Gasteiger charge is 2.31. The van der Waals surface area contributed by atoms with Crippen LogP contribution in [0.4, 0.5) is 5.69 Å². The first-order chi connectivity index (χ1) is 13.7. The second kappa shape index (κ2) is 8.34. The summed E-state index contributed by atoms with van der Waals surface area (Å²) in [7, 11) is 3.19. The molecule has 1 atom stereocenters. The van der Waals surface area contributed by atoms with Gasteiger partial charge < -0.3 is 14.8 Å². The maximum Gasteiger partial charge on any atom is 0.238 e. The predicted octanol–water partition coefficient (Wildman–Crippen LogP) is 4.41. The first kappa shape index (κ1) is 19.0. The molecule has 28 heavy (non-hydrogen) atoms. The van der Waals surface area contributed by atoms with E-state index in [1.54, 1.807) is 43.8 Å². The van der Waals surface area contributed by atoms with Gasteiger partial charge in [-0.25, -0.2) is 0 Å². The van der Waals surface area contributed by atoms with Crippen LogP contribution in [0.1, 0.15) is 21.4 Å². The van der Waals surface area contributed by atoms with Gasteiger partial charge in [0.2, 0.25) is 5.91 Å². The van der Waals surface area contributed by atoms with Crippen molar-refractivity contribution in [2.45, 2.75) is 12.5 Å². The van der Waals surface area contributed by atoms with Crippen molar-refractivity contribution in [1.82, 2.24) is 4.90 Å². The number of nitrogens with zero attached hydrogens (tertiary/aromatic N) is 1. The number of nitrogens with one attached hydrogen (secondary N) is 1. The summed E-state index contributed by atoms with van der Waals surface area (Å²) >= 11 is 3.55. The summed E-state index contributed by atoms with van der Waals surface area (Å²) < 4.78 is 10.6. The number of methoxy groups -OCH3 is 2. The highest BCUT2D eigenvalue weighted by atomic mass is 32.1. The molecule has 2 aromatic heterocycles. The second-order valence-corrected chi connectivity index (χ2v) is 8.57. The van der Waals surface area contributed by atoms with Gasteiger partial charge in [0, 0.05) is 40.2 Å². The quantitative estimate of drug-likeness (QED) is 0.649. The van der Waals surface area contributed by atoms with E-state index in [4.69, 9.17) is 9.47 Å². The van der Waals surface area contributed by atoms with Crippen molar-refractivity contribution < 1.29 is 14.3 Å². The van der Waals surface area contributed by atoms with E-state index in [1.165, 1.54) is 15.3 Å². The fourth-order valence-electron chi connectivity index (χ4n) is 3.58. The zero-order valence-corrected chi connectivity index (χ0v) is 17.4. The highest BCUT2D eigenvalue weighted by molar-refractivity contribution is 7.10. The summed E-state index contributed by atoms with van der Waals surface area (Å²) in [6, 6.07) is 11.9. The molecule has 1 amide bonds. The lowest BCUT2D eigenvalue weighted by Crippen LogP contribution is -2.40. The summed E-state index contributed by atoms with van der Waals surface area (Å²) in [6.07, 6.45) is 0.981. The molecular weight excluding hydrogens is 392 g/mol. The van der Waals surface area contributed by atoms with Gasteiger partial charge in [0.15, 0.2) is 0 Å². The summed E-state index contributed by atoms with van der Waals surface area (Å²) in [4.78, 5) is 17.8. The molecule has 0 spiro atoms. The number of carbonyl (C=O) groups is 1. The number of anilines is 1. The van der Waals surface area contributed by atoms with Gasteiger partial charge in [-0.15, -0.1) is 22.7 Å².